The lowest BCUT2D eigenvalue weighted by Gasteiger charge is -2.04. The molecule has 0 radical (unpaired) electrons. The molecular weight excluding hydrogens is 308 g/mol. The van der Waals surface area contributed by atoms with Gasteiger partial charge in [-0.15, -0.1) is 0 Å². The second-order valence-electron chi connectivity index (χ2n) is 3.25. The van der Waals surface area contributed by atoms with Crippen LogP contribution in [0.1, 0.15) is 5.69 Å². The van der Waals surface area contributed by atoms with E-state index in [4.69, 9.17) is 5.73 Å². The average Bonchev–Trinajstić information content (AvgIpc) is 2.62. The predicted molar refractivity (Wildman–Crippen MR) is 68.8 cm³/mol. The summed E-state index contributed by atoms with van der Waals surface area (Å²) < 4.78 is 0.753. The molecule has 0 bridgehead atoms. The Morgan fingerprint density at radius 3 is 2.71 bits per heavy atom. The highest BCUT2D eigenvalue weighted by atomic mass is 79.9. The molecule has 0 atom stereocenters. The van der Waals surface area contributed by atoms with Crippen LogP contribution in [-0.4, -0.2) is 14.9 Å². The van der Waals surface area contributed by atoms with Gasteiger partial charge in [-0.3, -0.25) is 10.1 Å². The molecular formula is C9H7BrN4O2S. The highest BCUT2D eigenvalue weighted by Gasteiger charge is 2.24. The van der Waals surface area contributed by atoms with Gasteiger partial charge >= 0.3 is 5.69 Å². The summed E-state index contributed by atoms with van der Waals surface area (Å²) in [6.07, 6.45) is 0. The van der Waals surface area contributed by atoms with Crippen LogP contribution in [0.4, 0.5) is 11.6 Å². The third-order valence-electron chi connectivity index (χ3n) is 2.13. The number of halogens is 1. The maximum Gasteiger partial charge on any atom is 0.316 e. The van der Waals surface area contributed by atoms with E-state index in [2.05, 4.69) is 25.9 Å². The number of nitrogen functional groups attached to an aromatic ring is 1. The molecule has 2 N–H and O–H groups in total. The first kappa shape index (κ1) is 11.9. The number of aromatic nitrogens is 2. The Kier molecular flexibility index (Phi) is 3.07. The molecule has 8 heteroatoms. The monoisotopic (exact) mass is 314 g/mol. The largest absolute Gasteiger partial charge is 0.368 e. The van der Waals surface area contributed by atoms with Crippen molar-refractivity contribution in [2.24, 2.45) is 0 Å². The molecule has 2 aromatic heterocycles. The minimum atomic E-state index is -0.492. The molecule has 0 aliphatic heterocycles. The number of anilines is 1. The molecule has 2 heterocycles. The van der Waals surface area contributed by atoms with Crippen molar-refractivity contribution in [3.63, 3.8) is 0 Å². The fraction of sp³-hybridized carbons (Fsp3) is 0.111. The summed E-state index contributed by atoms with van der Waals surface area (Å²) in [5.74, 6) is 0.0289. The van der Waals surface area contributed by atoms with Gasteiger partial charge in [0.25, 0.3) is 0 Å². The van der Waals surface area contributed by atoms with Crippen molar-refractivity contribution in [2.75, 3.05) is 5.73 Å². The van der Waals surface area contributed by atoms with Crippen LogP contribution in [0.5, 0.6) is 0 Å². The van der Waals surface area contributed by atoms with Crippen LogP contribution < -0.4 is 5.73 Å². The smallest absolute Gasteiger partial charge is 0.316 e. The Balaban J connectivity index is 2.76. The number of nitro groups is 1. The zero-order valence-corrected chi connectivity index (χ0v) is 11.1. The van der Waals surface area contributed by atoms with E-state index in [1.165, 1.54) is 11.3 Å². The molecule has 6 nitrogen and oxygen atoms in total. The van der Waals surface area contributed by atoms with Crippen molar-refractivity contribution in [1.82, 2.24) is 9.97 Å². The molecule has 0 aliphatic carbocycles. The van der Waals surface area contributed by atoms with E-state index in [-0.39, 0.29) is 23.0 Å². The van der Waals surface area contributed by atoms with E-state index in [9.17, 15) is 10.1 Å². The van der Waals surface area contributed by atoms with Crippen molar-refractivity contribution in [3.8, 4) is 11.3 Å². The molecule has 0 aromatic carbocycles. The maximum atomic E-state index is 11.0. The van der Waals surface area contributed by atoms with Crippen LogP contribution >= 0.6 is 27.3 Å². The van der Waals surface area contributed by atoms with E-state index in [1.54, 1.807) is 12.3 Å². The Morgan fingerprint density at radius 2 is 2.18 bits per heavy atom. The van der Waals surface area contributed by atoms with Gasteiger partial charge in [-0.25, -0.2) is 9.97 Å². The normalized spacial score (nSPS) is 10.5. The van der Waals surface area contributed by atoms with E-state index >= 15 is 0 Å². The summed E-state index contributed by atoms with van der Waals surface area (Å²) in [6.45, 7) is 1.54. The average molecular weight is 315 g/mol. The third-order valence-corrected chi connectivity index (χ3v) is 3.83. The fourth-order valence-corrected chi connectivity index (χ4v) is 2.91. The predicted octanol–water partition coefficient (Wildman–Crippen LogP) is 2.77. The Morgan fingerprint density at radius 1 is 1.47 bits per heavy atom. The zero-order valence-electron chi connectivity index (χ0n) is 8.68. The first-order chi connectivity index (χ1) is 8.00. The lowest BCUT2D eigenvalue weighted by molar-refractivity contribution is -0.385. The van der Waals surface area contributed by atoms with Gasteiger partial charge < -0.3 is 5.73 Å². The first-order valence-corrected chi connectivity index (χ1v) is 6.25. The van der Waals surface area contributed by atoms with Gasteiger partial charge in [0.05, 0.1) is 4.92 Å². The number of aryl methyl sites for hydroxylation is 1. The van der Waals surface area contributed by atoms with Crippen LogP contribution in [0.15, 0.2) is 15.2 Å². The lowest BCUT2D eigenvalue weighted by Crippen LogP contribution is -2.04. The first-order valence-electron chi connectivity index (χ1n) is 4.51. The molecule has 2 aromatic rings. The van der Waals surface area contributed by atoms with E-state index in [1.807, 2.05) is 5.38 Å². The van der Waals surface area contributed by atoms with Crippen molar-refractivity contribution >= 4 is 38.9 Å². The molecule has 17 heavy (non-hydrogen) atoms. The van der Waals surface area contributed by atoms with Crippen molar-refractivity contribution in [3.05, 3.63) is 31.0 Å². The minimum Gasteiger partial charge on any atom is -0.368 e. The van der Waals surface area contributed by atoms with Crippen molar-refractivity contribution in [1.29, 1.82) is 0 Å². The van der Waals surface area contributed by atoms with E-state index in [0.29, 0.717) is 5.56 Å². The van der Waals surface area contributed by atoms with Crippen molar-refractivity contribution < 1.29 is 4.92 Å². The summed E-state index contributed by atoms with van der Waals surface area (Å²) in [6, 6.07) is 0. The highest BCUT2D eigenvalue weighted by Crippen LogP contribution is 2.37. The molecule has 2 rings (SSSR count). The van der Waals surface area contributed by atoms with Crippen LogP contribution in [0.25, 0.3) is 11.3 Å². The number of thiophene rings is 1. The Hall–Kier alpha value is -1.54. The van der Waals surface area contributed by atoms with Crippen LogP contribution in [0.3, 0.4) is 0 Å². The molecule has 0 aliphatic rings. The second kappa shape index (κ2) is 4.38. The van der Waals surface area contributed by atoms with Gasteiger partial charge in [0.15, 0.2) is 5.69 Å². The van der Waals surface area contributed by atoms with E-state index < -0.39 is 4.92 Å². The standard InChI is InChI=1S/C9H7BrN4O2S/c1-4-8(14(15)16)7(13-9(11)12-4)5-2-17-3-6(5)10/h2-3H,1H3,(H2,11,12,13). The molecule has 0 saturated carbocycles. The van der Waals surface area contributed by atoms with Crippen LogP contribution in [-0.2, 0) is 0 Å². The summed E-state index contributed by atoms with van der Waals surface area (Å²) in [4.78, 5) is 18.3. The molecule has 0 unspecified atom stereocenters. The van der Waals surface area contributed by atoms with Gasteiger partial charge in [-0.1, -0.05) is 0 Å². The number of rotatable bonds is 2. The highest BCUT2D eigenvalue weighted by molar-refractivity contribution is 9.10. The summed E-state index contributed by atoms with van der Waals surface area (Å²) >= 11 is 4.74. The fourth-order valence-electron chi connectivity index (χ4n) is 1.45. The zero-order chi connectivity index (χ0) is 12.6. The molecule has 88 valence electrons. The molecule has 0 amide bonds. The van der Waals surface area contributed by atoms with E-state index in [0.717, 1.165) is 4.47 Å². The SMILES string of the molecule is Cc1nc(N)nc(-c2cscc2Br)c1[N+](=O)[O-]. The van der Waals surface area contributed by atoms with Gasteiger partial charge in [-0.05, 0) is 22.9 Å². The molecule has 0 spiro atoms. The van der Waals surface area contributed by atoms with Gasteiger partial charge in [0.2, 0.25) is 5.95 Å². The molecule has 0 fully saturated rings. The van der Waals surface area contributed by atoms with Gasteiger partial charge in [0, 0.05) is 20.8 Å². The minimum absolute atomic E-state index is 0.0289. The van der Waals surface area contributed by atoms with Crippen molar-refractivity contribution in [2.45, 2.75) is 6.92 Å². The summed E-state index contributed by atoms with van der Waals surface area (Å²) in [5.41, 5.74) is 6.57. The summed E-state index contributed by atoms with van der Waals surface area (Å²) in [5, 5.41) is 14.6. The quantitative estimate of drug-likeness (QED) is 0.679. The summed E-state index contributed by atoms with van der Waals surface area (Å²) in [7, 11) is 0. The number of hydrogen-bond donors (Lipinski definition) is 1. The molecule has 0 saturated heterocycles. The Bertz CT molecular complexity index is 599. The number of nitrogens with two attached hydrogens (primary N) is 1. The van der Waals surface area contributed by atoms with Gasteiger partial charge in [0.1, 0.15) is 5.69 Å². The second-order valence-corrected chi connectivity index (χ2v) is 4.85. The van der Waals surface area contributed by atoms with Crippen LogP contribution in [0, 0.1) is 17.0 Å². The third kappa shape index (κ3) is 2.13. The lowest BCUT2D eigenvalue weighted by atomic mass is 10.2. The topological polar surface area (TPSA) is 94.9 Å². The Labute approximate surface area is 109 Å². The number of hydrogen-bond acceptors (Lipinski definition) is 6. The van der Waals surface area contributed by atoms with Gasteiger partial charge in [-0.2, -0.15) is 11.3 Å². The van der Waals surface area contributed by atoms with Crippen LogP contribution in [0.2, 0.25) is 0 Å². The maximum absolute atomic E-state index is 11.0. The number of nitrogens with zero attached hydrogens (tertiary/aromatic N) is 3.